The van der Waals surface area contributed by atoms with Gasteiger partial charge in [0, 0.05) is 22.4 Å². The zero-order valence-corrected chi connectivity index (χ0v) is 10.2. The molecule has 0 saturated heterocycles. The number of carboxylic acids is 1. The summed E-state index contributed by atoms with van der Waals surface area (Å²) < 4.78 is 11.8. The predicted octanol–water partition coefficient (Wildman–Crippen LogP) is 1.50. The number of hydrogen-bond acceptors (Lipinski definition) is 4. The van der Waals surface area contributed by atoms with E-state index in [-0.39, 0.29) is 11.7 Å². The van der Waals surface area contributed by atoms with E-state index in [1.807, 2.05) is 0 Å². The lowest BCUT2D eigenvalue weighted by Gasteiger charge is -2.14. The minimum absolute atomic E-state index is 0.136. The van der Waals surface area contributed by atoms with E-state index in [4.69, 9.17) is 5.11 Å². The van der Waals surface area contributed by atoms with Gasteiger partial charge in [-0.3, -0.25) is 9.00 Å². The van der Waals surface area contributed by atoms with Crippen LogP contribution in [-0.4, -0.2) is 25.5 Å². The van der Waals surface area contributed by atoms with E-state index in [1.165, 1.54) is 11.3 Å². The standard InChI is InChI=1S/C9H13NO3S2/c1-6(2)8(9(11)12)15(13)5-7-10-3-4-14-7/h3-4,6,8H,5H2,1-2H3,(H,11,12). The fourth-order valence-corrected chi connectivity index (χ4v) is 3.59. The Balaban J connectivity index is 2.69. The molecule has 1 heterocycles. The van der Waals surface area contributed by atoms with Crippen molar-refractivity contribution in [2.45, 2.75) is 24.9 Å². The second-order valence-electron chi connectivity index (χ2n) is 3.45. The quantitative estimate of drug-likeness (QED) is 0.856. The number of nitrogens with zero attached hydrogens (tertiary/aromatic N) is 1. The number of carboxylic acid groups (broad SMARTS) is 1. The first-order valence-electron chi connectivity index (χ1n) is 4.50. The van der Waals surface area contributed by atoms with Crippen LogP contribution in [0.1, 0.15) is 18.9 Å². The minimum Gasteiger partial charge on any atom is -0.480 e. The summed E-state index contributed by atoms with van der Waals surface area (Å²) in [5.74, 6) is -0.907. The van der Waals surface area contributed by atoms with Gasteiger partial charge in [-0.1, -0.05) is 13.8 Å². The Morgan fingerprint density at radius 2 is 2.33 bits per heavy atom. The maximum Gasteiger partial charge on any atom is 0.319 e. The van der Waals surface area contributed by atoms with Gasteiger partial charge in [0.15, 0.2) is 0 Å². The highest BCUT2D eigenvalue weighted by molar-refractivity contribution is 7.85. The summed E-state index contributed by atoms with van der Waals surface area (Å²) in [6.45, 7) is 3.52. The van der Waals surface area contributed by atoms with Crippen LogP contribution in [0.4, 0.5) is 0 Å². The summed E-state index contributed by atoms with van der Waals surface area (Å²) in [6, 6.07) is 0. The molecule has 1 rings (SSSR count). The van der Waals surface area contributed by atoms with Gasteiger partial charge in [0.2, 0.25) is 0 Å². The van der Waals surface area contributed by atoms with Crippen molar-refractivity contribution in [3.8, 4) is 0 Å². The zero-order chi connectivity index (χ0) is 11.4. The van der Waals surface area contributed by atoms with E-state index >= 15 is 0 Å². The van der Waals surface area contributed by atoms with E-state index in [0.717, 1.165) is 5.01 Å². The predicted molar refractivity (Wildman–Crippen MR) is 60.2 cm³/mol. The van der Waals surface area contributed by atoms with Crippen molar-refractivity contribution in [1.82, 2.24) is 4.98 Å². The number of rotatable bonds is 5. The van der Waals surface area contributed by atoms with Crippen molar-refractivity contribution >= 4 is 28.1 Å². The van der Waals surface area contributed by atoms with Crippen molar-refractivity contribution in [3.05, 3.63) is 16.6 Å². The van der Waals surface area contributed by atoms with Gasteiger partial charge in [0.05, 0.1) is 5.75 Å². The van der Waals surface area contributed by atoms with E-state index in [0.29, 0.717) is 0 Å². The van der Waals surface area contributed by atoms with Crippen LogP contribution in [0.25, 0.3) is 0 Å². The Labute approximate surface area is 94.8 Å². The first kappa shape index (κ1) is 12.3. The molecule has 84 valence electrons. The Kier molecular flexibility index (Phi) is 4.41. The van der Waals surface area contributed by atoms with Crippen molar-refractivity contribution < 1.29 is 14.1 Å². The lowest BCUT2D eigenvalue weighted by Crippen LogP contribution is -2.31. The van der Waals surface area contributed by atoms with Gasteiger partial charge in [0.1, 0.15) is 10.3 Å². The second-order valence-corrected chi connectivity index (χ2v) is 5.99. The van der Waals surface area contributed by atoms with Crippen LogP contribution in [0.15, 0.2) is 11.6 Å². The van der Waals surface area contributed by atoms with Crippen LogP contribution >= 0.6 is 11.3 Å². The molecule has 0 aliphatic carbocycles. The zero-order valence-electron chi connectivity index (χ0n) is 8.54. The lowest BCUT2D eigenvalue weighted by molar-refractivity contribution is -0.137. The lowest BCUT2D eigenvalue weighted by atomic mass is 10.1. The maximum absolute atomic E-state index is 11.8. The van der Waals surface area contributed by atoms with Gasteiger partial charge in [0.25, 0.3) is 0 Å². The molecular weight excluding hydrogens is 234 g/mol. The molecule has 2 atom stereocenters. The maximum atomic E-state index is 11.8. The Morgan fingerprint density at radius 3 is 2.73 bits per heavy atom. The monoisotopic (exact) mass is 247 g/mol. The first-order chi connectivity index (χ1) is 7.02. The molecule has 4 nitrogen and oxygen atoms in total. The Morgan fingerprint density at radius 1 is 1.67 bits per heavy atom. The van der Waals surface area contributed by atoms with Crippen molar-refractivity contribution in [2.24, 2.45) is 5.92 Å². The molecule has 0 fully saturated rings. The minimum atomic E-state index is -1.40. The van der Waals surface area contributed by atoms with Gasteiger partial charge in [-0.15, -0.1) is 11.3 Å². The van der Waals surface area contributed by atoms with Crippen molar-refractivity contribution in [3.63, 3.8) is 0 Å². The Hall–Kier alpha value is -0.750. The van der Waals surface area contributed by atoms with Crippen LogP contribution in [-0.2, 0) is 21.3 Å². The van der Waals surface area contributed by atoms with E-state index < -0.39 is 22.0 Å². The molecular formula is C9H13NO3S2. The highest BCUT2D eigenvalue weighted by atomic mass is 32.2. The van der Waals surface area contributed by atoms with Crippen LogP contribution in [0.3, 0.4) is 0 Å². The van der Waals surface area contributed by atoms with Crippen LogP contribution in [0, 0.1) is 5.92 Å². The van der Waals surface area contributed by atoms with E-state index in [9.17, 15) is 9.00 Å². The molecule has 0 saturated carbocycles. The second kappa shape index (κ2) is 5.37. The molecule has 0 amide bonds. The third-order valence-electron chi connectivity index (χ3n) is 1.88. The Bertz CT molecular complexity index is 348. The van der Waals surface area contributed by atoms with Gasteiger partial charge >= 0.3 is 5.97 Å². The average molecular weight is 247 g/mol. The molecule has 0 radical (unpaired) electrons. The summed E-state index contributed by atoms with van der Waals surface area (Å²) in [7, 11) is -1.40. The summed E-state index contributed by atoms with van der Waals surface area (Å²) in [5, 5.41) is 10.6. The van der Waals surface area contributed by atoms with Crippen molar-refractivity contribution in [1.29, 1.82) is 0 Å². The molecule has 0 aromatic carbocycles. The van der Waals surface area contributed by atoms with Gasteiger partial charge in [-0.2, -0.15) is 0 Å². The topological polar surface area (TPSA) is 67.3 Å². The van der Waals surface area contributed by atoms with Gasteiger partial charge in [-0.25, -0.2) is 4.98 Å². The third kappa shape index (κ3) is 3.39. The van der Waals surface area contributed by atoms with Crippen LogP contribution < -0.4 is 0 Å². The largest absolute Gasteiger partial charge is 0.480 e. The molecule has 2 unspecified atom stereocenters. The fraction of sp³-hybridized carbons (Fsp3) is 0.556. The number of aromatic nitrogens is 1. The molecule has 6 heteroatoms. The highest BCUT2D eigenvalue weighted by Gasteiger charge is 2.28. The molecule has 0 aliphatic rings. The summed E-state index contributed by atoms with van der Waals surface area (Å²) in [4.78, 5) is 14.9. The van der Waals surface area contributed by atoms with Gasteiger partial charge < -0.3 is 5.11 Å². The SMILES string of the molecule is CC(C)C(C(=O)O)S(=O)Cc1nccs1. The molecule has 15 heavy (non-hydrogen) atoms. The fourth-order valence-electron chi connectivity index (χ4n) is 1.24. The number of thiazole rings is 1. The van der Waals surface area contributed by atoms with Crippen LogP contribution in [0.5, 0.6) is 0 Å². The molecule has 0 spiro atoms. The normalized spacial score (nSPS) is 15.1. The molecule has 0 aliphatic heterocycles. The molecule has 1 aromatic heterocycles. The summed E-state index contributed by atoms with van der Waals surface area (Å²) in [5.41, 5.74) is 0. The van der Waals surface area contributed by atoms with E-state index in [2.05, 4.69) is 4.98 Å². The highest BCUT2D eigenvalue weighted by Crippen LogP contribution is 2.15. The van der Waals surface area contributed by atoms with Gasteiger partial charge in [-0.05, 0) is 5.92 Å². The number of carbonyl (C=O) groups is 1. The third-order valence-corrected chi connectivity index (χ3v) is 4.71. The summed E-state index contributed by atoms with van der Waals surface area (Å²) in [6.07, 6.45) is 1.63. The van der Waals surface area contributed by atoms with Crippen molar-refractivity contribution in [2.75, 3.05) is 0 Å². The number of hydrogen-bond donors (Lipinski definition) is 1. The van der Waals surface area contributed by atoms with Crippen LogP contribution in [0.2, 0.25) is 0 Å². The number of aliphatic carboxylic acids is 1. The first-order valence-corrected chi connectivity index (χ1v) is 6.77. The van der Waals surface area contributed by atoms with E-state index in [1.54, 1.807) is 25.4 Å². The molecule has 1 N–H and O–H groups in total. The average Bonchev–Trinajstić information content (AvgIpc) is 2.54. The summed E-state index contributed by atoms with van der Waals surface area (Å²) >= 11 is 1.39. The molecule has 1 aromatic rings. The smallest absolute Gasteiger partial charge is 0.319 e. The molecule has 0 bridgehead atoms.